The average Bonchev–Trinajstić information content (AvgIpc) is 3.12. The predicted octanol–water partition coefficient (Wildman–Crippen LogP) is 1.69. The molecule has 1 aromatic rings. The Morgan fingerprint density at radius 1 is 1.50 bits per heavy atom. The average molecular weight is 254 g/mol. The summed E-state index contributed by atoms with van der Waals surface area (Å²) in [5, 5.41) is 19.8. The van der Waals surface area contributed by atoms with E-state index in [4.69, 9.17) is 5.11 Å². The zero-order valence-electron chi connectivity index (χ0n) is 9.88. The van der Waals surface area contributed by atoms with Crippen LogP contribution in [0.15, 0.2) is 18.2 Å². The van der Waals surface area contributed by atoms with Crippen LogP contribution < -0.4 is 0 Å². The summed E-state index contributed by atoms with van der Waals surface area (Å²) in [7, 11) is 0. The Balaban J connectivity index is 2.20. The van der Waals surface area contributed by atoms with Gasteiger partial charge in [-0.15, -0.1) is 0 Å². The van der Waals surface area contributed by atoms with Gasteiger partial charge in [-0.05, 0) is 25.0 Å². The molecule has 1 N–H and O–H groups in total. The lowest BCUT2D eigenvalue weighted by Gasteiger charge is -2.20. The summed E-state index contributed by atoms with van der Waals surface area (Å²) in [6, 6.07) is 3.84. The van der Waals surface area contributed by atoms with Crippen molar-refractivity contribution in [2.24, 2.45) is 0 Å². The number of nitro benzene ring substituents is 1. The molecule has 0 heterocycles. The van der Waals surface area contributed by atoms with Gasteiger partial charge in [-0.1, -0.05) is 0 Å². The van der Waals surface area contributed by atoms with E-state index in [1.54, 1.807) is 0 Å². The van der Waals surface area contributed by atoms with Gasteiger partial charge in [-0.25, -0.2) is 4.39 Å². The molecule has 2 rings (SSSR count). The summed E-state index contributed by atoms with van der Waals surface area (Å²) >= 11 is 0. The maximum Gasteiger partial charge on any atom is 0.274 e. The van der Waals surface area contributed by atoms with Crippen molar-refractivity contribution in [1.82, 2.24) is 4.90 Å². The van der Waals surface area contributed by atoms with Crippen molar-refractivity contribution in [3.63, 3.8) is 0 Å². The van der Waals surface area contributed by atoms with Crippen molar-refractivity contribution in [3.05, 3.63) is 39.7 Å². The van der Waals surface area contributed by atoms with Gasteiger partial charge >= 0.3 is 0 Å². The minimum Gasteiger partial charge on any atom is -0.395 e. The highest BCUT2D eigenvalue weighted by atomic mass is 19.1. The fourth-order valence-corrected chi connectivity index (χ4v) is 2.04. The minimum absolute atomic E-state index is 0.000384. The van der Waals surface area contributed by atoms with Crippen molar-refractivity contribution < 1.29 is 14.4 Å². The van der Waals surface area contributed by atoms with E-state index in [0.29, 0.717) is 24.7 Å². The molecule has 1 fully saturated rings. The largest absolute Gasteiger partial charge is 0.395 e. The van der Waals surface area contributed by atoms with Crippen LogP contribution >= 0.6 is 0 Å². The van der Waals surface area contributed by atoms with Crippen LogP contribution in [0.1, 0.15) is 18.4 Å². The second-order valence-electron chi connectivity index (χ2n) is 4.46. The van der Waals surface area contributed by atoms with E-state index in [0.717, 1.165) is 18.9 Å². The van der Waals surface area contributed by atoms with Crippen molar-refractivity contribution in [2.75, 3.05) is 13.2 Å². The van der Waals surface area contributed by atoms with E-state index in [-0.39, 0.29) is 12.3 Å². The number of halogens is 1. The lowest BCUT2D eigenvalue weighted by Crippen LogP contribution is -2.29. The Hall–Kier alpha value is -1.53. The summed E-state index contributed by atoms with van der Waals surface area (Å²) in [5.41, 5.74) is 0.292. The highest BCUT2D eigenvalue weighted by Crippen LogP contribution is 2.30. The molecule has 0 aromatic heterocycles. The second kappa shape index (κ2) is 5.41. The van der Waals surface area contributed by atoms with E-state index in [9.17, 15) is 14.5 Å². The Kier molecular flexibility index (Phi) is 3.88. The second-order valence-corrected chi connectivity index (χ2v) is 4.46. The maximum atomic E-state index is 13.2. The number of nitro groups is 1. The van der Waals surface area contributed by atoms with Crippen LogP contribution in [0.2, 0.25) is 0 Å². The number of aliphatic hydroxyl groups is 1. The molecule has 0 radical (unpaired) electrons. The highest BCUT2D eigenvalue weighted by Gasteiger charge is 2.30. The Labute approximate surface area is 104 Å². The SMILES string of the molecule is O=[N+]([O-])c1ccc(F)cc1CN(CCO)C1CC1. The Morgan fingerprint density at radius 3 is 2.78 bits per heavy atom. The number of nitrogens with zero attached hydrogens (tertiary/aromatic N) is 2. The van der Waals surface area contributed by atoms with Gasteiger partial charge in [0.1, 0.15) is 5.82 Å². The highest BCUT2D eigenvalue weighted by molar-refractivity contribution is 5.40. The van der Waals surface area contributed by atoms with Crippen LogP contribution in [0, 0.1) is 15.9 Å². The van der Waals surface area contributed by atoms with Crippen LogP contribution in [0.3, 0.4) is 0 Å². The smallest absolute Gasteiger partial charge is 0.274 e. The third-order valence-electron chi connectivity index (χ3n) is 3.06. The molecule has 0 amide bonds. The Bertz CT molecular complexity index is 449. The van der Waals surface area contributed by atoms with Gasteiger partial charge < -0.3 is 5.11 Å². The molecule has 1 aliphatic carbocycles. The van der Waals surface area contributed by atoms with Crippen molar-refractivity contribution >= 4 is 5.69 Å². The molecule has 0 atom stereocenters. The van der Waals surface area contributed by atoms with Crippen LogP contribution in [0.5, 0.6) is 0 Å². The van der Waals surface area contributed by atoms with E-state index >= 15 is 0 Å². The molecule has 18 heavy (non-hydrogen) atoms. The van der Waals surface area contributed by atoms with Gasteiger partial charge in [-0.2, -0.15) is 0 Å². The zero-order chi connectivity index (χ0) is 13.1. The number of aliphatic hydroxyl groups excluding tert-OH is 1. The fraction of sp³-hybridized carbons (Fsp3) is 0.500. The number of benzene rings is 1. The lowest BCUT2D eigenvalue weighted by atomic mass is 10.1. The van der Waals surface area contributed by atoms with Crippen molar-refractivity contribution in [1.29, 1.82) is 0 Å². The van der Waals surface area contributed by atoms with Gasteiger partial charge in [-0.3, -0.25) is 15.0 Å². The summed E-state index contributed by atoms with van der Waals surface area (Å²) in [4.78, 5) is 12.3. The van der Waals surface area contributed by atoms with E-state index in [1.165, 1.54) is 12.1 Å². The van der Waals surface area contributed by atoms with Crippen molar-refractivity contribution in [3.8, 4) is 0 Å². The minimum atomic E-state index is -0.501. The molecule has 1 aliphatic rings. The number of rotatable bonds is 6. The molecular weight excluding hydrogens is 239 g/mol. The first kappa shape index (κ1) is 12.9. The van der Waals surface area contributed by atoms with Crippen molar-refractivity contribution in [2.45, 2.75) is 25.4 Å². The normalized spacial score (nSPS) is 15.1. The molecule has 5 nitrogen and oxygen atoms in total. The number of hydrogen-bond donors (Lipinski definition) is 1. The monoisotopic (exact) mass is 254 g/mol. The van der Waals surface area contributed by atoms with Gasteiger partial charge in [0.25, 0.3) is 5.69 Å². The molecule has 0 unspecified atom stereocenters. The maximum absolute atomic E-state index is 13.2. The van der Waals surface area contributed by atoms with E-state index in [1.807, 2.05) is 4.90 Å². The molecule has 0 aliphatic heterocycles. The quantitative estimate of drug-likeness (QED) is 0.619. The van der Waals surface area contributed by atoms with E-state index < -0.39 is 10.7 Å². The summed E-state index contributed by atoms with van der Waals surface area (Å²) < 4.78 is 13.2. The molecule has 1 saturated carbocycles. The van der Waals surface area contributed by atoms with E-state index in [2.05, 4.69) is 0 Å². The summed E-state index contributed by atoms with van der Waals surface area (Å²) in [5.74, 6) is -0.477. The molecule has 0 saturated heterocycles. The van der Waals surface area contributed by atoms with Crippen LogP contribution in [-0.4, -0.2) is 34.1 Å². The first-order chi connectivity index (χ1) is 8.61. The molecule has 0 spiro atoms. The third kappa shape index (κ3) is 3.02. The summed E-state index contributed by atoms with van der Waals surface area (Å²) in [6.07, 6.45) is 2.06. The molecule has 6 heteroatoms. The van der Waals surface area contributed by atoms with Gasteiger partial charge in [0.2, 0.25) is 0 Å². The predicted molar refractivity (Wildman–Crippen MR) is 63.6 cm³/mol. The van der Waals surface area contributed by atoms with Gasteiger partial charge in [0.15, 0.2) is 0 Å². The zero-order valence-corrected chi connectivity index (χ0v) is 9.88. The standard InChI is InChI=1S/C12H15FN2O3/c13-10-1-4-12(15(17)18)9(7-10)8-14(5-6-16)11-2-3-11/h1,4,7,11,16H,2-3,5-6,8H2. The van der Waals surface area contributed by atoms with Crippen LogP contribution in [0.4, 0.5) is 10.1 Å². The fourth-order valence-electron chi connectivity index (χ4n) is 2.04. The van der Waals surface area contributed by atoms with Gasteiger partial charge in [0.05, 0.1) is 11.5 Å². The van der Waals surface area contributed by atoms with Crippen LogP contribution in [-0.2, 0) is 6.54 Å². The summed E-state index contributed by atoms with van der Waals surface area (Å²) in [6.45, 7) is 0.761. The third-order valence-corrected chi connectivity index (χ3v) is 3.06. The first-order valence-corrected chi connectivity index (χ1v) is 5.89. The van der Waals surface area contributed by atoms with Crippen LogP contribution in [0.25, 0.3) is 0 Å². The van der Waals surface area contributed by atoms with Gasteiger partial charge in [0, 0.05) is 30.8 Å². The molecule has 0 bridgehead atoms. The topological polar surface area (TPSA) is 66.6 Å². The molecule has 98 valence electrons. The molecular formula is C12H15FN2O3. The lowest BCUT2D eigenvalue weighted by molar-refractivity contribution is -0.385. The first-order valence-electron chi connectivity index (χ1n) is 5.89. The number of hydrogen-bond acceptors (Lipinski definition) is 4. The molecule has 1 aromatic carbocycles. The Morgan fingerprint density at radius 2 is 2.22 bits per heavy atom.